The highest BCUT2D eigenvalue weighted by Crippen LogP contribution is 2.22. The molecule has 0 N–H and O–H groups in total. The molecular weight excluding hydrogens is 267 g/mol. The minimum atomic E-state index is -0.600. The van der Waals surface area contributed by atoms with Crippen LogP contribution in [0, 0.1) is 12.7 Å². The van der Waals surface area contributed by atoms with Gasteiger partial charge in [0.1, 0.15) is 11.6 Å². The van der Waals surface area contributed by atoms with Gasteiger partial charge >= 0.3 is 0 Å². The van der Waals surface area contributed by atoms with E-state index in [4.69, 9.17) is 16.3 Å². The lowest BCUT2D eigenvalue weighted by Gasteiger charge is -2.06. The summed E-state index contributed by atoms with van der Waals surface area (Å²) in [4.78, 5) is 12.2. The summed E-state index contributed by atoms with van der Waals surface area (Å²) in [7, 11) is 1.44. The Hall–Kier alpha value is -1.87. The van der Waals surface area contributed by atoms with Crippen LogP contribution >= 0.6 is 11.6 Å². The molecule has 0 heterocycles. The van der Waals surface area contributed by atoms with E-state index in [-0.39, 0.29) is 11.3 Å². The second-order valence-electron chi connectivity index (χ2n) is 4.14. The molecule has 0 unspecified atom stereocenters. The van der Waals surface area contributed by atoms with Gasteiger partial charge in [0.2, 0.25) is 0 Å². The minimum absolute atomic E-state index is 0.0162. The van der Waals surface area contributed by atoms with E-state index < -0.39 is 5.82 Å². The number of hydrogen-bond acceptors (Lipinski definition) is 2. The van der Waals surface area contributed by atoms with E-state index in [0.717, 1.165) is 5.56 Å². The number of carbonyl (C=O) groups excluding carboxylic acids is 1. The number of halogens is 2. The fourth-order valence-electron chi connectivity index (χ4n) is 1.75. The summed E-state index contributed by atoms with van der Waals surface area (Å²) in [5, 5.41) is 0.576. The first-order valence-corrected chi connectivity index (χ1v) is 6.05. The molecule has 2 aromatic rings. The van der Waals surface area contributed by atoms with Gasteiger partial charge in [0.15, 0.2) is 5.78 Å². The number of methoxy groups -OCH3 is 1. The van der Waals surface area contributed by atoms with Gasteiger partial charge in [-0.15, -0.1) is 0 Å². The lowest BCUT2D eigenvalue weighted by atomic mass is 10.0. The molecule has 0 amide bonds. The van der Waals surface area contributed by atoms with Crippen molar-refractivity contribution >= 4 is 17.4 Å². The molecule has 0 bridgehead atoms. The van der Waals surface area contributed by atoms with Crippen LogP contribution < -0.4 is 4.74 Å². The van der Waals surface area contributed by atoms with Gasteiger partial charge in [-0.3, -0.25) is 4.79 Å². The molecule has 0 saturated carbocycles. The SMILES string of the molecule is COc1ccc(C(=O)c2ccc(Cl)c(C)c2)c(F)c1. The largest absolute Gasteiger partial charge is 0.497 e. The monoisotopic (exact) mass is 278 g/mol. The summed E-state index contributed by atoms with van der Waals surface area (Å²) in [5.41, 5.74) is 1.20. The number of hydrogen-bond donors (Lipinski definition) is 0. The number of benzene rings is 2. The van der Waals surface area contributed by atoms with Crippen molar-refractivity contribution < 1.29 is 13.9 Å². The Morgan fingerprint density at radius 1 is 1.21 bits per heavy atom. The summed E-state index contributed by atoms with van der Waals surface area (Å²) >= 11 is 5.90. The van der Waals surface area contributed by atoms with E-state index in [2.05, 4.69) is 0 Å². The third-order valence-corrected chi connectivity index (χ3v) is 3.27. The number of ketones is 1. The zero-order valence-electron chi connectivity index (χ0n) is 10.5. The second-order valence-corrected chi connectivity index (χ2v) is 4.55. The van der Waals surface area contributed by atoms with Crippen molar-refractivity contribution in [3.63, 3.8) is 0 Å². The van der Waals surface area contributed by atoms with Crippen LogP contribution in [0.4, 0.5) is 4.39 Å². The van der Waals surface area contributed by atoms with Gasteiger partial charge in [0.05, 0.1) is 12.7 Å². The first kappa shape index (κ1) is 13.6. The quantitative estimate of drug-likeness (QED) is 0.793. The van der Waals surface area contributed by atoms with Crippen LogP contribution in [0.3, 0.4) is 0 Å². The van der Waals surface area contributed by atoms with E-state index in [1.165, 1.54) is 19.2 Å². The molecule has 2 aromatic carbocycles. The van der Waals surface area contributed by atoms with Gasteiger partial charge in [-0.1, -0.05) is 11.6 Å². The van der Waals surface area contributed by atoms with E-state index >= 15 is 0 Å². The average Bonchev–Trinajstić information content (AvgIpc) is 2.41. The summed E-state index contributed by atoms with van der Waals surface area (Å²) < 4.78 is 18.7. The lowest BCUT2D eigenvalue weighted by molar-refractivity contribution is 0.103. The predicted octanol–water partition coefficient (Wildman–Crippen LogP) is 4.03. The number of rotatable bonds is 3. The van der Waals surface area contributed by atoms with Crippen molar-refractivity contribution in [1.29, 1.82) is 0 Å². The van der Waals surface area contributed by atoms with Crippen molar-refractivity contribution in [1.82, 2.24) is 0 Å². The number of ether oxygens (including phenoxy) is 1. The smallest absolute Gasteiger partial charge is 0.195 e. The maximum absolute atomic E-state index is 13.8. The molecule has 0 aromatic heterocycles. The molecule has 0 aliphatic carbocycles. The molecule has 4 heteroatoms. The second kappa shape index (κ2) is 5.41. The molecule has 0 saturated heterocycles. The summed E-state index contributed by atoms with van der Waals surface area (Å²) in [6.45, 7) is 1.80. The Balaban J connectivity index is 2.41. The van der Waals surface area contributed by atoms with Crippen molar-refractivity contribution in [3.8, 4) is 5.75 Å². The Labute approximate surface area is 115 Å². The molecule has 0 atom stereocenters. The average molecular weight is 279 g/mol. The van der Waals surface area contributed by atoms with Crippen LogP contribution in [0.15, 0.2) is 36.4 Å². The molecule has 0 aliphatic rings. The predicted molar refractivity (Wildman–Crippen MR) is 72.6 cm³/mol. The van der Waals surface area contributed by atoms with Crippen LogP contribution in [-0.2, 0) is 0 Å². The van der Waals surface area contributed by atoms with Crippen molar-refractivity contribution in [2.24, 2.45) is 0 Å². The van der Waals surface area contributed by atoms with Crippen molar-refractivity contribution in [3.05, 3.63) is 63.9 Å². The number of aryl methyl sites for hydroxylation is 1. The lowest BCUT2D eigenvalue weighted by Crippen LogP contribution is -2.05. The molecule has 0 fully saturated rings. The highest BCUT2D eigenvalue weighted by Gasteiger charge is 2.15. The molecular formula is C15H12ClFO2. The fourth-order valence-corrected chi connectivity index (χ4v) is 1.87. The maximum Gasteiger partial charge on any atom is 0.195 e. The van der Waals surface area contributed by atoms with Gasteiger partial charge in [0, 0.05) is 16.7 Å². The topological polar surface area (TPSA) is 26.3 Å². The van der Waals surface area contributed by atoms with Gasteiger partial charge in [0.25, 0.3) is 0 Å². The Morgan fingerprint density at radius 3 is 2.53 bits per heavy atom. The first-order valence-electron chi connectivity index (χ1n) is 5.67. The highest BCUT2D eigenvalue weighted by molar-refractivity contribution is 6.31. The third kappa shape index (κ3) is 2.76. The van der Waals surface area contributed by atoms with Gasteiger partial charge < -0.3 is 4.74 Å². The van der Waals surface area contributed by atoms with Crippen LogP contribution in [0.2, 0.25) is 5.02 Å². The van der Waals surface area contributed by atoms with E-state index in [0.29, 0.717) is 16.3 Å². The minimum Gasteiger partial charge on any atom is -0.497 e. The van der Waals surface area contributed by atoms with Crippen molar-refractivity contribution in [2.75, 3.05) is 7.11 Å². The van der Waals surface area contributed by atoms with Crippen LogP contribution in [-0.4, -0.2) is 12.9 Å². The fraction of sp³-hybridized carbons (Fsp3) is 0.133. The molecule has 0 aliphatic heterocycles. The van der Waals surface area contributed by atoms with Crippen molar-refractivity contribution in [2.45, 2.75) is 6.92 Å². The van der Waals surface area contributed by atoms with Crippen LogP contribution in [0.5, 0.6) is 5.75 Å². The zero-order valence-corrected chi connectivity index (χ0v) is 11.3. The van der Waals surface area contributed by atoms with E-state index in [9.17, 15) is 9.18 Å². The molecule has 2 nitrogen and oxygen atoms in total. The van der Waals surface area contributed by atoms with Gasteiger partial charge in [-0.25, -0.2) is 4.39 Å². The van der Waals surface area contributed by atoms with E-state index in [1.807, 2.05) is 0 Å². The molecule has 98 valence electrons. The maximum atomic E-state index is 13.8. The van der Waals surface area contributed by atoms with Gasteiger partial charge in [-0.2, -0.15) is 0 Å². The Morgan fingerprint density at radius 2 is 1.95 bits per heavy atom. The highest BCUT2D eigenvalue weighted by atomic mass is 35.5. The molecule has 0 spiro atoms. The summed E-state index contributed by atoms with van der Waals surface area (Å²) in [6.07, 6.45) is 0. The van der Waals surface area contributed by atoms with Crippen LogP contribution in [0.25, 0.3) is 0 Å². The normalized spacial score (nSPS) is 10.3. The molecule has 0 radical (unpaired) electrons. The first-order chi connectivity index (χ1) is 9.02. The zero-order chi connectivity index (χ0) is 14.0. The Kier molecular flexibility index (Phi) is 3.86. The molecule has 2 rings (SSSR count). The standard InChI is InChI=1S/C15H12ClFO2/c1-9-7-10(3-6-13(9)16)15(18)12-5-4-11(19-2)8-14(12)17/h3-8H,1-2H3. The van der Waals surface area contributed by atoms with E-state index in [1.54, 1.807) is 31.2 Å². The summed E-state index contributed by atoms with van der Waals surface area (Å²) in [6, 6.07) is 9.02. The number of carbonyl (C=O) groups is 1. The third-order valence-electron chi connectivity index (χ3n) is 2.84. The Bertz CT molecular complexity index is 638. The van der Waals surface area contributed by atoms with Crippen LogP contribution in [0.1, 0.15) is 21.5 Å². The molecule has 19 heavy (non-hydrogen) atoms. The summed E-state index contributed by atoms with van der Waals surface area (Å²) in [5.74, 6) is -0.599. The van der Waals surface area contributed by atoms with Gasteiger partial charge in [-0.05, 0) is 42.8 Å².